The van der Waals surface area contributed by atoms with Crippen LogP contribution in [0.1, 0.15) is 5.76 Å². The van der Waals surface area contributed by atoms with Gasteiger partial charge in [-0.1, -0.05) is 5.16 Å². The van der Waals surface area contributed by atoms with Gasteiger partial charge in [-0.15, -0.1) is 0 Å². The maximum Gasteiger partial charge on any atom is 0.414 e. The minimum absolute atomic E-state index is 0.207. The van der Waals surface area contributed by atoms with E-state index in [9.17, 15) is 9.18 Å². The first-order valence-corrected chi connectivity index (χ1v) is 8.18. The number of aromatic nitrogens is 3. The number of aliphatic hydroxyl groups excluding tert-OH is 1. The van der Waals surface area contributed by atoms with Crippen LogP contribution in [0.25, 0.3) is 16.9 Å². The Morgan fingerprint density at radius 3 is 2.89 bits per heavy atom. The lowest BCUT2D eigenvalue weighted by atomic mass is 10.2. The van der Waals surface area contributed by atoms with Crippen LogP contribution < -0.4 is 10.6 Å². The van der Waals surface area contributed by atoms with Crippen LogP contribution in [0.2, 0.25) is 0 Å². The van der Waals surface area contributed by atoms with E-state index < -0.39 is 18.0 Å². The summed E-state index contributed by atoms with van der Waals surface area (Å²) in [5.74, 6) is -0.232. The number of carbonyl (C=O) groups is 1. The van der Waals surface area contributed by atoms with Crippen molar-refractivity contribution in [2.75, 3.05) is 18.0 Å². The average Bonchev–Trinajstić information content (AvgIpc) is 3.40. The molecular weight excluding hydrogens is 357 g/mol. The van der Waals surface area contributed by atoms with Crippen molar-refractivity contribution in [3.8, 4) is 16.9 Å². The summed E-state index contributed by atoms with van der Waals surface area (Å²) in [6, 6.07) is 5.96. The zero-order chi connectivity index (χ0) is 19.0. The molecule has 0 bridgehead atoms. The third-order valence-corrected chi connectivity index (χ3v) is 4.22. The van der Waals surface area contributed by atoms with E-state index in [1.54, 1.807) is 18.3 Å². The molecule has 27 heavy (non-hydrogen) atoms. The molecule has 1 aliphatic heterocycles. The van der Waals surface area contributed by atoms with Gasteiger partial charge in [-0.2, -0.15) is 5.10 Å². The van der Waals surface area contributed by atoms with Crippen LogP contribution in [0, 0.1) is 5.82 Å². The topological polar surface area (TPSA) is 120 Å². The third-order valence-electron chi connectivity index (χ3n) is 4.22. The summed E-state index contributed by atoms with van der Waals surface area (Å²) < 4.78 is 26.0. The smallest absolute Gasteiger partial charge is 0.414 e. The number of cyclic esters (lactones) is 1. The first-order valence-electron chi connectivity index (χ1n) is 8.18. The highest BCUT2D eigenvalue weighted by Crippen LogP contribution is 2.26. The Balaban J connectivity index is 1.59. The molecule has 4 rings (SSSR count). The molecule has 1 fully saturated rings. The second kappa shape index (κ2) is 6.82. The molecule has 3 aromatic rings. The number of anilines is 1. The van der Waals surface area contributed by atoms with Crippen LogP contribution in [0.4, 0.5) is 14.9 Å². The number of rotatable bonds is 5. The molecule has 0 saturated carbocycles. The molecule has 0 spiro atoms. The molecule has 0 radical (unpaired) electrons. The van der Waals surface area contributed by atoms with Gasteiger partial charge in [0.05, 0.1) is 18.4 Å². The third kappa shape index (κ3) is 3.15. The standard InChI is InChI=1S/C17H16FN5O4/c18-14-3-11(22-8-13(5-19)26-17(22)25)1-2-16(14)23-7-10(6-20-23)15-4-12(9-24)27-21-15/h1-4,6-7,13,24H,5,8-9,19H2/t13-/m0/s1. The zero-order valence-electron chi connectivity index (χ0n) is 14.1. The van der Waals surface area contributed by atoms with Gasteiger partial charge in [-0.05, 0) is 18.2 Å². The quantitative estimate of drug-likeness (QED) is 0.694. The van der Waals surface area contributed by atoms with E-state index in [1.807, 2.05) is 0 Å². The highest BCUT2D eigenvalue weighted by Gasteiger charge is 2.31. The molecule has 9 nitrogen and oxygen atoms in total. The van der Waals surface area contributed by atoms with Crippen LogP contribution in [0.5, 0.6) is 0 Å². The summed E-state index contributed by atoms with van der Waals surface area (Å²) in [6.45, 7) is 0.222. The summed E-state index contributed by atoms with van der Waals surface area (Å²) in [7, 11) is 0. The lowest BCUT2D eigenvalue weighted by Gasteiger charge is -2.14. The SMILES string of the molecule is NC[C@H]1CN(c2ccc(-n3cc(-c4cc(CO)on4)cn3)c(F)c2)C(=O)O1. The number of aliphatic hydroxyl groups is 1. The maximum atomic E-state index is 14.6. The van der Waals surface area contributed by atoms with Gasteiger partial charge in [-0.25, -0.2) is 13.9 Å². The molecule has 1 aromatic carbocycles. The number of amides is 1. The predicted molar refractivity (Wildman–Crippen MR) is 91.6 cm³/mol. The number of benzene rings is 1. The molecule has 1 atom stereocenters. The second-order valence-corrected chi connectivity index (χ2v) is 6.00. The largest absolute Gasteiger partial charge is 0.443 e. The van der Waals surface area contributed by atoms with E-state index >= 15 is 0 Å². The van der Waals surface area contributed by atoms with Crippen molar-refractivity contribution >= 4 is 11.8 Å². The van der Waals surface area contributed by atoms with Gasteiger partial charge in [0.25, 0.3) is 0 Å². The molecule has 0 unspecified atom stereocenters. The van der Waals surface area contributed by atoms with E-state index in [0.717, 1.165) is 0 Å². The molecule has 1 amide bonds. The van der Waals surface area contributed by atoms with Crippen LogP contribution >= 0.6 is 0 Å². The van der Waals surface area contributed by atoms with Crippen LogP contribution in [-0.2, 0) is 11.3 Å². The van der Waals surface area contributed by atoms with E-state index in [0.29, 0.717) is 22.7 Å². The highest BCUT2D eigenvalue weighted by atomic mass is 19.1. The molecule has 1 saturated heterocycles. The van der Waals surface area contributed by atoms with Crippen molar-refractivity contribution in [2.24, 2.45) is 5.73 Å². The number of nitrogens with two attached hydrogens (primary N) is 1. The number of hydrogen-bond donors (Lipinski definition) is 2. The van der Waals surface area contributed by atoms with Crippen molar-refractivity contribution < 1.29 is 23.6 Å². The highest BCUT2D eigenvalue weighted by molar-refractivity contribution is 5.89. The number of hydrogen-bond acceptors (Lipinski definition) is 7. The first kappa shape index (κ1) is 17.2. The van der Waals surface area contributed by atoms with E-state index in [4.69, 9.17) is 20.1 Å². The molecule has 1 aliphatic rings. The number of carbonyl (C=O) groups excluding carboxylic acids is 1. The number of ether oxygens (including phenoxy) is 1. The minimum atomic E-state index is -0.553. The fourth-order valence-corrected chi connectivity index (χ4v) is 2.81. The number of nitrogens with zero attached hydrogens (tertiary/aromatic N) is 4. The van der Waals surface area contributed by atoms with Gasteiger partial charge in [0.2, 0.25) is 0 Å². The molecule has 3 heterocycles. The molecule has 140 valence electrons. The van der Waals surface area contributed by atoms with Gasteiger partial charge in [0.1, 0.15) is 24.1 Å². The zero-order valence-corrected chi connectivity index (χ0v) is 14.1. The van der Waals surface area contributed by atoms with Crippen molar-refractivity contribution in [1.82, 2.24) is 14.9 Å². The van der Waals surface area contributed by atoms with E-state index in [2.05, 4.69) is 10.3 Å². The van der Waals surface area contributed by atoms with Gasteiger partial charge < -0.3 is 20.1 Å². The van der Waals surface area contributed by atoms with Crippen LogP contribution in [0.15, 0.2) is 41.2 Å². The van der Waals surface area contributed by atoms with Crippen molar-refractivity contribution in [3.05, 3.63) is 48.2 Å². The minimum Gasteiger partial charge on any atom is -0.443 e. The molecule has 2 aromatic heterocycles. The van der Waals surface area contributed by atoms with E-state index in [1.165, 1.54) is 27.9 Å². The Bertz CT molecular complexity index is 985. The van der Waals surface area contributed by atoms with Crippen LogP contribution in [0.3, 0.4) is 0 Å². The molecule has 10 heteroatoms. The Morgan fingerprint density at radius 1 is 1.37 bits per heavy atom. The van der Waals surface area contributed by atoms with Crippen LogP contribution in [-0.4, -0.2) is 45.3 Å². The normalized spacial score (nSPS) is 16.8. The van der Waals surface area contributed by atoms with Crippen molar-refractivity contribution in [1.29, 1.82) is 0 Å². The second-order valence-electron chi connectivity index (χ2n) is 6.00. The Hall–Kier alpha value is -3.24. The van der Waals surface area contributed by atoms with Gasteiger partial charge in [-0.3, -0.25) is 4.90 Å². The Labute approximate surface area is 152 Å². The predicted octanol–water partition coefficient (Wildman–Crippen LogP) is 1.44. The van der Waals surface area contributed by atoms with Gasteiger partial charge in [0.15, 0.2) is 11.6 Å². The van der Waals surface area contributed by atoms with Gasteiger partial charge in [0, 0.05) is 24.4 Å². The summed E-state index contributed by atoms with van der Waals surface area (Å²) in [4.78, 5) is 13.2. The summed E-state index contributed by atoms with van der Waals surface area (Å²) >= 11 is 0. The molecule has 3 N–H and O–H groups in total. The molecule has 0 aliphatic carbocycles. The average molecular weight is 373 g/mol. The fraction of sp³-hybridized carbons (Fsp3) is 0.235. The Kier molecular flexibility index (Phi) is 4.34. The maximum absolute atomic E-state index is 14.6. The summed E-state index contributed by atoms with van der Waals surface area (Å²) in [5.41, 5.74) is 7.19. The monoisotopic (exact) mass is 373 g/mol. The Morgan fingerprint density at radius 2 is 2.22 bits per heavy atom. The first-order chi connectivity index (χ1) is 13.1. The summed E-state index contributed by atoms with van der Waals surface area (Å²) in [6.07, 6.45) is 2.15. The van der Waals surface area contributed by atoms with Crippen molar-refractivity contribution in [2.45, 2.75) is 12.7 Å². The van der Waals surface area contributed by atoms with Gasteiger partial charge >= 0.3 is 6.09 Å². The lowest BCUT2D eigenvalue weighted by Crippen LogP contribution is -2.27. The van der Waals surface area contributed by atoms with E-state index in [-0.39, 0.29) is 25.4 Å². The fourth-order valence-electron chi connectivity index (χ4n) is 2.81. The summed E-state index contributed by atoms with van der Waals surface area (Å²) in [5, 5.41) is 17.0. The van der Waals surface area contributed by atoms with Crippen molar-refractivity contribution in [3.63, 3.8) is 0 Å². The number of halogens is 1. The molecular formula is C17H16FN5O4. The lowest BCUT2D eigenvalue weighted by molar-refractivity contribution is 0.145.